The Morgan fingerprint density at radius 2 is 1.17 bits per heavy atom. The van der Waals surface area contributed by atoms with Gasteiger partial charge in [0.15, 0.2) is 0 Å². The highest BCUT2D eigenvalue weighted by Gasteiger charge is 2.18. The van der Waals surface area contributed by atoms with Crippen molar-refractivity contribution in [3.63, 3.8) is 0 Å². The second kappa shape index (κ2) is 9.69. The molecule has 0 bridgehead atoms. The minimum absolute atomic E-state index is 0.0363. The lowest BCUT2D eigenvalue weighted by atomic mass is 10.1. The molecule has 0 spiro atoms. The standard InChI is InChI=1S/C25H26N2O2/c1-3-26(19-20-11-7-5-8-12-20)24(28)21-15-17-22(18-16-21)25(29)27(4-2)23-13-9-6-10-14-23/h5-18H,3-4,19H2,1-2H3. The number of carbonyl (C=O) groups is 2. The van der Waals surface area contributed by atoms with Gasteiger partial charge in [-0.05, 0) is 55.8 Å². The molecule has 0 aliphatic heterocycles. The average molecular weight is 386 g/mol. The third-order valence-electron chi connectivity index (χ3n) is 4.89. The molecule has 2 amide bonds. The summed E-state index contributed by atoms with van der Waals surface area (Å²) in [6, 6.07) is 26.5. The molecule has 0 radical (unpaired) electrons. The maximum atomic E-state index is 12.9. The fourth-order valence-electron chi connectivity index (χ4n) is 3.28. The summed E-state index contributed by atoms with van der Waals surface area (Å²) in [6.07, 6.45) is 0. The average Bonchev–Trinajstić information content (AvgIpc) is 2.79. The van der Waals surface area contributed by atoms with Crippen molar-refractivity contribution in [1.29, 1.82) is 0 Å². The lowest BCUT2D eigenvalue weighted by molar-refractivity contribution is 0.0752. The van der Waals surface area contributed by atoms with E-state index in [-0.39, 0.29) is 11.8 Å². The van der Waals surface area contributed by atoms with Gasteiger partial charge in [-0.3, -0.25) is 9.59 Å². The highest BCUT2D eigenvalue weighted by atomic mass is 16.2. The van der Waals surface area contributed by atoms with Gasteiger partial charge in [-0.2, -0.15) is 0 Å². The number of carbonyl (C=O) groups excluding carboxylic acids is 2. The number of hydrogen-bond acceptors (Lipinski definition) is 2. The van der Waals surface area contributed by atoms with Crippen molar-refractivity contribution in [2.75, 3.05) is 18.0 Å². The summed E-state index contributed by atoms with van der Waals surface area (Å²) < 4.78 is 0. The smallest absolute Gasteiger partial charge is 0.258 e. The van der Waals surface area contributed by atoms with Gasteiger partial charge < -0.3 is 9.80 Å². The van der Waals surface area contributed by atoms with Crippen LogP contribution in [-0.2, 0) is 6.54 Å². The molecule has 0 N–H and O–H groups in total. The molecule has 0 heterocycles. The molecule has 0 saturated carbocycles. The van der Waals surface area contributed by atoms with E-state index in [0.717, 1.165) is 11.3 Å². The Labute approximate surface area is 172 Å². The van der Waals surface area contributed by atoms with Crippen molar-refractivity contribution in [3.8, 4) is 0 Å². The van der Waals surface area contributed by atoms with E-state index in [2.05, 4.69) is 0 Å². The van der Waals surface area contributed by atoms with Crippen LogP contribution in [0.25, 0.3) is 0 Å². The predicted molar refractivity (Wildman–Crippen MR) is 117 cm³/mol. The third kappa shape index (κ3) is 4.91. The molecule has 3 rings (SSSR count). The summed E-state index contributed by atoms with van der Waals surface area (Å²) in [4.78, 5) is 29.3. The fourth-order valence-corrected chi connectivity index (χ4v) is 3.28. The van der Waals surface area contributed by atoms with Crippen LogP contribution in [0, 0.1) is 0 Å². The molecule has 0 aliphatic rings. The summed E-state index contributed by atoms with van der Waals surface area (Å²) in [5, 5.41) is 0. The first kappa shape index (κ1) is 20.3. The molecule has 4 nitrogen and oxygen atoms in total. The van der Waals surface area contributed by atoms with E-state index < -0.39 is 0 Å². The maximum absolute atomic E-state index is 12.9. The number of benzene rings is 3. The third-order valence-corrected chi connectivity index (χ3v) is 4.89. The summed E-state index contributed by atoms with van der Waals surface area (Å²) in [7, 11) is 0. The van der Waals surface area contributed by atoms with Crippen LogP contribution in [-0.4, -0.2) is 29.8 Å². The Balaban J connectivity index is 1.74. The molecule has 0 aliphatic carbocycles. The minimum atomic E-state index is -0.0747. The maximum Gasteiger partial charge on any atom is 0.258 e. The second-order valence-electron chi connectivity index (χ2n) is 6.77. The van der Waals surface area contributed by atoms with Gasteiger partial charge in [0.1, 0.15) is 0 Å². The van der Waals surface area contributed by atoms with Gasteiger partial charge in [-0.1, -0.05) is 48.5 Å². The lowest BCUT2D eigenvalue weighted by Crippen LogP contribution is -2.31. The number of anilines is 1. The molecule has 0 unspecified atom stereocenters. The van der Waals surface area contributed by atoms with Crippen LogP contribution < -0.4 is 4.90 Å². The molecule has 0 fully saturated rings. The summed E-state index contributed by atoms with van der Waals surface area (Å²) in [5.74, 6) is -0.111. The molecule has 148 valence electrons. The molecule has 29 heavy (non-hydrogen) atoms. The van der Waals surface area contributed by atoms with Crippen LogP contribution in [0.15, 0.2) is 84.9 Å². The Morgan fingerprint density at radius 1 is 0.655 bits per heavy atom. The van der Waals surface area contributed by atoms with Crippen LogP contribution in [0.2, 0.25) is 0 Å². The molecular weight excluding hydrogens is 360 g/mol. The first-order chi connectivity index (χ1) is 14.1. The van der Waals surface area contributed by atoms with Crippen molar-refractivity contribution in [2.24, 2.45) is 0 Å². The van der Waals surface area contributed by atoms with E-state index in [4.69, 9.17) is 0 Å². The van der Waals surface area contributed by atoms with Crippen molar-refractivity contribution in [1.82, 2.24) is 4.90 Å². The highest BCUT2D eigenvalue weighted by Crippen LogP contribution is 2.18. The van der Waals surface area contributed by atoms with Crippen molar-refractivity contribution < 1.29 is 9.59 Å². The van der Waals surface area contributed by atoms with E-state index in [0.29, 0.717) is 30.8 Å². The predicted octanol–water partition coefficient (Wildman–Crippen LogP) is 5.02. The molecule has 4 heteroatoms. The van der Waals surface area contributed by atoms with Crippen molar-refractivity contribution in [3.05, 3.63) is 102 Å². The first-order valence-corrected chi connectivity index (χ1v) is 9.94. The zero-order valence-corrected chi connectivity index (χ0v) is 16.9. The molecule has 0 saturated heterocycles. The van der Waals surface area contributed by atoms with E-state index in [9.17, 15) is 9.59 Å². The number of hydrogen-bond donors (Lipinski definition) is 0. The Kier molecular flexibility index (Phi) is 6.80. The summed E-state index contributed by atoms with van der Waals surface area (Å²) in [6.45, 7) is 5.67. The van der Waals surface area contributed by atoms with Crippen molar-refractivity contribution in [2.45, 2.75) is 20.4 Å². The molecule has 0 atom stereocenters. The van der Waals surface area contributed by atoms with Crippen molar-refractivity contribution >= 4 is 17.5 Å². The number of para-hydroxylation sites is 1. The van der Waals surface area contributed by atoms with E-state index in [1.807, 2.05) is 74.5 Å². The normalized spacial score (nSPS) is 10.4. The summed E-state index contributed by atoms with van der Waals surface area (Å²) in [5.41, 5.74) is 3.11. The van der Waals surface area contributed by atoms with Crippen LogP contribution in [0.5, 0.6) is 0 Å². The van der Waals surface area contributed by atoms with E-state index >= 15 is 0 Å². The topological polar surface area (TPSA) is 40.6 Å². The van der Waals surface area contributed by atoms with Gasteiger partial charge in [-0.15, -0.1) is 0 Å². The Bertz CT molecular complexity index is 938. The summed E-state index contributed by atoms with van der Waals surface area (Å²) >= 11 is 0. The lowest BCUT2D eigenvalue weighted by Gasteiger charge is -2.22. The van der Waals surface area contributed by atoms with Gasteiger partial charge >= 0.3 is 0 Å². The molecule has 0 aromatic heterocycles. The van der Waals surface area contributed by atoms with Crippen LogP contribution in [0.4, 0.5) is 5.69 Å². The molecule has 3 aromatic rings. The minimum Gasteiger partial charge on any atom is -0.335 e. The second-order valence-corrected chi connectivity index (χ2v) is 6.77. The zero-order chi connectivity index (χ0) is 20.6. The SMILES string of the molecule is CCN(Cc1ccccc1)C(=O)c1ccc(C(=O)N(CC)c2ccccc2)cc1. The number of rotatable bonds is 7. The van der Waals surface area contributed by atoms with Gasteiger partial charge in [0, 0.05) is 36.4 Å². The van der Waals surface area contributed by atoms with E-state index in [1.165, 1.54) is 0 Å². The van der Waals surface area contributed by atoms with Gasteiger partial charge in [0.05, 0.1) is 0 Å². The van der Waals surface area contributed by atoms with Crippen LogP contribution in [0.1, 0.15) is 40.1 Å². The number of amides is 2. The number of nitrogens with zero attached hydrogens (tertiary/aromatic N) is 2. The van der Waals surface area contributed by atoms with Crippen LogP contribution in [0.3, 0.4) is 0 Å². The van der Waals surface area contributed by atoms with Gasteiger partial charge in [0.25, 0.3) is 11.8 Å². The van der Waals surface area contributed by atoms with E-state index in [1.54, 1.807) is 34.1 Å². The molecule has 3 aromatic carbocycles. The zero-order valence-electron chi connectivity index (χ0n) is 16.9. The van der Waals surface area contributed by atoms with Gasteiger partial charge in [-0.25, -0.2) is 0 Å². The fraction of sp³-hybridized carbons (Fsp3) is 0.200. The Hall–Kier alpha value is -3.40. The molecular formula is C25H26N2O2. The monoisotopic (exact) mass is 386 g/mol. The quantitative estimate of drug-likeness (QED) is 0.572. The Morgan fingerprint density at radius 3 is 1.69 bits per heavy atom. The largest absolute Gasteiger partial charge is 0.335 e. The first-order valence-electron chi connectivity index (χ1n) is 9.94. The van der Waals surface area contributed by atoms with Gasteiger partial charge in [0.2, 0.25) is 0 Å². The highest BCUT2D eigenvalue weighted by molar-refractivity contribution is 6.06. The van der Waals surface area contributed by atoms with Crippen LogP contribution >= 0.6 is 0 Å².